The number of ether oxygens (including phenoxy) is 1. The Morgan fingerprint density at radius 3 is 3.00 bits per heavy atom. The summed E-state index contributed by atoms with van der Waals surface area (Å²) in [6, 6.07) is 2.95. The van der Waals surface area contributed by atoms with Crippen LogP contribution in [0, 0.1) is 11.2 Å². The van der Waals surface area contributed by atoms with Crippen LogP contribution >= 0.6 is 0 Å². The molecule has 1 aliphatic heterocycles. The average Bonchev–Trinajstić information content (AvgIpc) is 2.48. The first kappa shape index (κ1) is 15.7. The molecule has 0 amide bonds. The second kappa shape index (κ2) is 6.85. The van der Waals surface area contributed by atoms with Crippen molar-refractivity contribution in [3.63, 3.8) is 0 Å². The van der Waals surface area contributed by atoms with E-state index in [-0.39, 0.29) is 5.82 Å². The van der Waals surface area contributed by atoms with E-state index in [1.54, 1.807) is 13.2 Å². The molecule has 21 heavy (non-hydrogen) atoms. The van der Waals surface area contributed by atoms with Gasteiger partial charge in [0.25, 0.3) is 0 Å². The molecule has 1 aromatic rings. The first-order chi connectivity index (χ1) is 10.1. The molecule has 1 saturated heterocycles. The van der Waals surface area contributed by atoms with Gasteiger partial charge in [0.1, 0.15) is 11.6 Å². The molecule has 0 bridgehead atoms. The van der Waals surface area contributed by atoms with Gasteiger partial charge in [-0.2, -0.15) is 0 Å². The van der Waals surface area contributed by atoms with Crippen molar-refractivity contribution in [3.8, 4) is 0 Å². The summed E-state index contributed by atoms with van der Waals surface area (Å²) >= 11 is 0. The van der Waals surface area contributed by atoms with Gasteiger partial charge in [0, 0.05) is 26.8 Å². The van der Waals surface area contributed by atoms with Crippen molar-refractivity contribution < 1.29 is 19.0 Å². The number of methoxy groups -OCH3 is 1. The summed E-state index contributed by atoms with van der Waals surface area (Å²) < 4.78 is 18.0. The minimum atomic E-state index is -0.773. The number of hydrogen-bond acceptors (Lipinski definition) is 4. The van der Waals surface area contributed by atoms with Crippen LogP contribution in [0.4, 0.5) is 10.2 Å². The third-order valence-corrected chi connectivity index (χ3v) is 4.07. The molecule has 0 aromatic carbocycles. The van der Waals surface area contributed by atoms with Gasteiger partial charge in [-0.1, -0.05) is 0 Å². The number of carbonyl (C=O) groups is 1. The fourth-order valence-corrected chi connectivity index (χ4v) is 2.92. The Balaban J connectivity index is 2.12. The Kier molecular flexibility index (Phi) is 5.12. The van der Waals surface area contributed by atoms with Gasteiger partial charge in [0.2, 0.25) is 0 Å². The Morgan fingerprint density at radius 2 is 2.38 bits per heavy atom. The van der Waals surface area contributed by atoms with Crippen LogP contribution in [0.25, 0.3) is 0 Å². The van der Waals surface area contributed by atoms with Crippen LogP contribution in [0.5, 0.6) is 0 Å². The first-order valence-electron chi connectivity index (χ1n) is 7.16. The van der Waals surface area contributed by atoms with E-state index >= 15 is 0 Å². The molecule has 1 aromatic heterocycles. The van der Waals surface area contributed by atoms with Gasteiger partial charge in [-0.15, -0.1) is 0 Å². The van der Waals surface area contributed by atoms with Crippen LogP contribution in [0.1, 0.15) is 25.7 Å². The lowest BCUT2D eigenvalue weighted by Crippen LogP contribution is -2.48. The van der Waals surface area contributed by atoms with Crippen molar-refractivity contribution in [3.05, 3.63) is 24.1 Å². The van der Waals surface area contributed by atoms with Gasteiger partial charge in [0.05, 0.1) is 11.6 Å². The zero-order chi connectivity index (χ0) is 15.3. The van der Waals surface area contributed by atoms with E-state index in [0.29, 0.717) is 38.2 Å². The Hall–Kier alpha value is -1.69. The first-order valence-corrected chi connectivity index (χ1v) is 7.16. The molecule has 5 nitrogen and oxygen atoms in total. The number of anilines is 1. The van der Waals surface area contributed by atoms with Gasteiger partial charge in [-0.3, -0.25) is 4.79 Å². The fraction of sp³-hybridized carbons (Fsp3) is 0.600. The van der Waals surface area contributed by atoms with Crippen LogP contribution in [-0.4, -0.2) is 42.9 Å². The summed E-state index contributed by atoms with van der Waals surface area (Å²) in [6.07, 6.45) is 3.90. The maximum Gasteiger partial charge on any atom is 0.311 e. The SMILES string of the molecule is COCCC[C@]1(C(=O)O)CCCN(c2ccc(F)cn2)C1. The molecule has 0 unspecified atom stereocenters. The summed E-state index contributed by atoms with van der Waals surface area (Å²) in [7, 11) is 1.61. The predicted octanol–water partition coefficient (Wildman–Crippen LogP) is 2.32. The van der Waals surface area contributed by atoms with Gasteiger partial charge in [-0.25, -0.2) is 9.37 Å². The van der Waals surface area contributed by atoms with Crippen molar-refractivity contribution in [2.45, 2.75) is 25.7 Å². The minimum absolute atomic E-state index is 0.389. The van der Waals surface area contributed by atoms with Crippen molar-refractivity contribution >= 4 is 11.8 Å². The molecule has 1 aliphatic rings. The number of aromatic nitrogens is 1. The average molecular weight is 296 g/mol. The Labute approximate surface area is 123 Å². The van der Waals surface area contributed by atoms with E-state index in [9.17, 15) is 14.3 Å². The zero-order valence-electron chi connectivity index (χ0n) is 12.2. The summed E-state index contributed by atoms with van der Waals surface area (Å²) in [5.41, 5.74) is -0.771. The molecule has 2 rings (SSSR count). The van der Waals surface area contributed by atoms with Crippen LogP contribution in [-0.2, 0) is 9.53 Å². The lowest BCUT2D eigenvalue weighted by Gasteiger charge is -2.40. The molecule has 0 saturated carbocycles. The van der Waals surface area contributed by atoms with Crippen molar-refractivity contribution in [1.82, 2.24) is 4.98 Å². The quantitative estimate of drug-likeness (QED) is 0.816. The molecular formula is C15H21FN2O3. The summed E-state index contributed by atoms with van der Waals surface area (Å²) in [5.74, 6) is -0.528. The number of piperidine rings is 1. The highest BCUT2D eigenvalue weighted by Crippen LogP contribution is 2.36. The third-order valence-electron chi connectivity index (χ3n) is 4.07. The maximum absolute atomic E-state index is 13.0. The molecule has 6 heteroatoms. The second-order valence-electron chi connectivity index (χ2n) is 5.54. The molecule has 0 aliphatic carbocycles. The van der Waals surface area contributed by atoms with E-state index in [1.807, 2.05) is 4.90 Å². The molecule has 0 spiro atoms. The summed E-state index contributed by atoms with van der Waals surface area (Å²) in [6.45, 7) is 1.71. The molecule has 1 N–H and O–H groups in total. The molecule has 1 atom stereocenters. The monoisotopic (exact) mass is 296 g/mol. The molecule has 116 valence electrons. The number of carboxylic acids is 1. The topological polar surface area (TPSA) is 62.7 Å². The zero-order valence-corrected chi connectivity index (χ0v) is 12.2. The summed E-state index contributed by atoms with van der Waals surface area (Å²) in [5, 5.41) is 9.65. The highest BCUT2D eigenvalue weighted by Gasteiger charge is 2.42. The number of aliphatic carboxylic acids is 1. The predicted molar refractivity (Wildman–Crippen MR) is 76.8 cm³/mol. The van der Waals surface area contributed by atoms with Crippen LogP contribution in [0.15, 0.2) is 18.3 Å². The number of hydrogen-bond donors (Lipinski definition) is 1. The Morgan fingerprint density at radius 1 is 1.57 bits per heavy atom. The van der Waals surface area contributed by atoms with E-state index in [0.717, 1.165) is 19.2 Å². The Bertz CT molecular complexity index is 480. The van der Waals surface area contributed by atoms with Crippen LogP contribution < -0.4 is 4.90 Å². The van der Waals surface area contributed by atoms with E-state index in [1.165, 1.54) is 6.07 Å². The van der Waals surface area contributed by atoms with Crippen LogP contribution in [0.2, 0.25) is 0 Å². The van der Waals surface area contributed by atoms with Crippen molar-refractivity contribution in [2.24, 2.45) is 5.41 Å². The highest BCUT2D eigenvalue weighted by atomic mass is 19.1. The number of nitrogens with zero attached hydrogens (tertiary/aromatic N) is 2. The van der Waals surface area contributed by atoms with E-state index < -0.39 is 11.4 Å². The highest BCUT2D eigenvalue weighted by molar-refractivity contribution is 5.76. The molecule has 1 fully saturated rings. The van der Waals surface area contributed by atoms with Gasteiger partial charge in [-0.05, 0) is 37.8 Å². The second-order valence-corrected chi connectivity index (χ2v) is 5.54. The standard InChI is InChI=1S/C15H21FN2O3/c1-21-9-3-7-15(14(19)20)6-2-8-18(11-15)13-5-4-12(16)10-17-13/h4-5,10H,2-3,6-9,11H2,1H3,(H,19,20)/t15-/m1/s1. The number of halogens is 1. The third kappa shape index (κ3) is 3.69. The minimum Gasteiger partial charge on any atom is -0.481 e. The van der Waals surface area contributed by atoms with E-state index in [4.69, 9.17) is 4.74 Å². The maximum atomic E-state index is 13.0. The number of rotatable bonds is 6. The smallest absolute Gasteiger partial charge is 0.311 e. The van der Waals surface area contributed by atoms with Crippen molar-refractivity contribution in [2.75, 3.05) is 31.7 Å². The lowest BCUT2D eigenvalue weighted by molar-refractivity contribution is -0.150. The number of pyridine rings is 1. The fourth-order valence-electron chi connectivity index (χ4n) is 2.92. The summed E-state index contributed by atoms with van der Waals surface area (Å²) in [4.78, 5) is 17.7. The van der Waals surface area contributed by atoms with Gasteiger partial charge < -0.3 is 14.7 Å². The van der Waals surface area contributed by atoms with Crippen molar-refractivity contribution in [1.29, 1.82) is 0 Å². The van der Waals surface area contributed by atoms with E-state index in [2.05, 4.69) is 4.98 Å². The lowest BCUT2D eigenvalue weighted by atomic mass is 9.76. The molecule has 0 radical (unpaired) electrons. The number of carboxylic acid groups (broad SMARTS) is 1. The normalized spacial score (nSPS) is 22.3. The van der Waals surface area contributed by atoms with Gasteiger partial charge in [0.15, 0.2) is 0 Å². The van der Waals surface area contributed by atoms with Gasteiger partial charge >= 0.3 is 5.97 Å². The molecule has 2 heterocycles. The largest absolute Gasteiger partial charge is 0.481 e. The molecular weight excluding hydrogens is 275 g/mol. The van der Waals surface area contributed by atoms with Crippen LogP contribution in [0.3, 0.4) is 0 Å².